The second kappa shape index (κ2) is 9.40. The Balaban J connectivity index is 1.87. The van der Waals surface area contributed by atoms with E-state index in [0.717, 1.165) is 23.9 Å². The van der Waals surface area contributed by atoms with Gasteiger partial charge in [-0.15, -0.1) is 10.2 Å². The first-order valence-electron chi connectivity index (χ1n) is 7.15. The summed E-state index contributed by atoms with van der Waals surface area (Å²) in [7, 11) is 1.58. The van der Waals surface area contributed by atoms with E-state index in [4.69, 9.17) is 16.3 Å². The molecule has 1 amide bonds. The average molecular weight is 427 g/mol. The molecule has 0 saturated heterocycles. The van der Waals surface area contributed by atoms with Crippen molar-refractivity contribution in [1.29, 1.82) is 0 Å². The number of amides is 1. The summed E-state index contributed by atoms with van der Waals surface area (Å²) in [6.07, 6.45) is -4.59. The third-order valence-corrected chi connectivity index (χ3v) is 5.22. The van der Waals surface area contributed by atoms with Crippen LogP contribution < -0.4 is 10.6 Å². The van der Waals surface area contributed by atoms with E-state index in [0.29, 0.717) is 22.6 Å². The molecule has 0 aliphatic heterocycles. The molecule has 2 N–H and O–H groups in total. The summed E-state index contributed by atoms with van der Waals surface area (Å²) >= 11 is 7.94. The Kier molecular flexibility index (Phi) is 7.50. The number of carbonyl (C=O) groups excluding carboxylic acids is 1. The van der Waals surface area contributed by atoms with Gasteiger partial charge in [-0.05, 0) is 18.2 Å². The van der Waals surface area contributed by atoms with E-state index in [9.17, 15) is 18.0 Å². The van der Waals surface area contributed by atoms with E-state index in [1.807, 2.05) is 0 Å². The number of methoxy groups -OCH3 is 1. The third-order valence-electron chi connectivity index (χ3n) is 2.87. The van der Waals surface area contributed by atoms with Gasteiger partial charge in [0.1, 0.15) is 0 Å². The van der Waals surface area contributed by atoms with Crippen molar-refractivity contribution in [3.8, 4) is 0 Å². The molecule has 1 aromatic heterocycles. The highest BCUT2D eigenvalue weighted by atomic mass is 35.5. The fourth-order valence-corrected chi connectivity index (χ4v) is 3.55. The molecule has 0 fully saturated rings. The minimum absolute atomic E-state index is 0.0172. The monoisotopic (exact) mass is 426 g/mol. The molecule has 2 aromatic rings. The van der Waals surface area contributed by atoms with Crippen LogP contribution in [0.4, 0.5) is 24.0 Å². The Morgan fingerprint density at radius 2 is 2.15 bits per heavy atom. The third kappa shape index (κ3) is 6.31. The number of ether oxygens (including phenoxy) is 1. The molecular formula is C14H14ClF3N4O2S2. The number of halogens is 4. The van der Waals surface area contributed by atoms with Crippen molar-refractivity contribution in [3.63, 3.8) is 0 Å². The number of hydrogen-bond donors (Lipinski definition) is 2. The summed E-state index contributed by atoms with van der Waals surface area (Å²) in [4.78, 5) is 11.9. The van der Waals surface area contributed by atoms with Crippen LogP contribution in [-0.4, -0.2) is 42.1 Å². The molecule has 6 nitrogen and oxygen atoms in total. The average Bonchev–Trinajstić information content (AvgIpc) is 3.02. The van der Waals surface area contributed by atoms with Gasteiger partial charge in [0.05, 0.1) is 22.9 Å². The van der Waals surface area contributed by atoms with Gasteiger partial charge in [0.2, 0.25) is 11.0 Å². The van der Waals surface area contributed by atoms with Crippen LogP contribution in [0.2, 0.25) is 5.02 Å². The zero-order valence-corrected chi connectivity index (χ0v) is 15.8. The quantitative estimate of drug-likeness (QED) is 0.491. The van der Waals surface area contributed by atoms with Crippen LogP contribution in [0.15, 0.2) is 22.5 Å². The molecule has 0 aliphatic carbocycles. The van der Waals surface area contributed by atoms with Gasteiger partial charge in [0, 0.05) is 19.3 Å². The molecular weight excluding hydrogens is 413 g/mol. The van der Waals surface area contributed by atoms with Crippen molar-refractivity contribution in [1.82, 2.24) is 10.2 Å². The predicted octanol–water partition coefficient (Wildman–Crippen LogP) is 4.00. The molecule has 0 radical (unpaired) electrons. The second-order valence-corrected chi connectivity index (χ2v) is 7.43. The molecule has 0 unspecified atom stereocenters. The van der Waals surface area contributed by atoms with Gasteiger partial charge in [-0.3, -0.25) is 4.79 Å². The molecule has 26 heavy (non-hydrogen) atoms. The Morgan fingerprint density at radius 3 is 2.85 bits per heavy atom. The molecule has 0 spiro atoms. The van der Waals surface area contributed by atoms with E-state index in [2.05, 4.69) is 20.8 Å². The minimum Gasteiger partial charge on any atom is -0.383 e. The lowest BCUT2D eigenvalue weighted by molar-refractivity contribution is -0.137. The smallest absolute Gasteiger partial charge is 0.383 e. The summed E-state index contributed by atoms with van der Waals surface area (Å²) in [6, 6.07) is 3.20. The molecule has 12 heteroatoms. The standard InChI is InChI=1S/C14H14ClF3N4O2S2/c1-24-5-4-19-12-21-22-13(26-12)25-7-11(23)20-8-2-3-10(15)9(6-8)14(16,17)18/h2-3,6H,4-5,7H2,1H3,(H,19,21)(H,20,23). The Morgan fingerprint density at radius 1 is 1.38 bits per heavy atom. The molecule has 0 aliphatic rings. The first-order chi connectivity index (χ1) is 12.3. The summed E-state index contributed by atoms with van der Waals surface area (Å²) in [5, 5.41) is 13.4. The van der Waals surface area contributed by atoms with Crippen LogP contribution in [0.1, 0.15) is 5.56 Å². The number of alkyl halides is 3. The van der Waals surface area contributed by atoms with Crippen molar-refractivity contribution >= 4 is 51.4 Å². The van der Waals surface area contributed by atoms with Gasteiger partial charge >= 0.3 is 6.18 Å². The molecule has 1 heterocycles. The molecule has 0 atom stereocenters. The van der Waals surface area contributed by atoms with Crippen LogP contribution in [0.3, 0.4) is 0 Å². The SMILES string of the molecule is COCCNc1nnc(SCC(=O)Nc2ccc(Cl)c(C(F)(F)F)c2)s1. The molecule has 2 rings (SSSR count). The first kappa shape index (κ1) is 20.7. The highest BCUT2D eigenvalue weighted by Gasteiger charge is 2.33. The van der Waals surface area contributed by atoms with Crippen molar-refractivity contribution in [2.24, 2.45) is 0 Å². The van der Waals surface area contributed by atoms with Gasteiger partial charge in [0.25, 0.3) is 0 Å². The van der Waals surface area contributed by atoms with Crippen molar-refractivity contribution < 1.29 is 22.7 Å². The van der Waals surface area contributed by atoms with E-state index >= 15 is 0 Å². The normalized spacial score (nSPS) is 11.4. The number of rotatable bonds is 8. The maximum atomic E-state index is 12.8. The van der Waals surface area contributed by atoms with Crippen LogP contribution in [0, 0.1) is 0 Å². The number of anilines is 2. The number of hydrogen-bond acceptors (Lipinski definition) is 7. The Hall–Kier alpha value is -1.56. The lowest BCUT2D eigenvalue weighted by Gasteiger charge is -2.11. The number of aromatic nitrogens is 2. The zero-order chi connectivity index (χ0) is 19.2. The zero-order valence-electron chi connectivity index (χ0n) is 13.4. The number of thioether (sulfide) groups is 1. The van der Waals surface area contributed by atoms with Gasteiger partial charge in [0.15, 0.2) is 4.34 Å². The Bertz CT molecular complexity index is 758. The summed E-state index contributed by atoms with van der Waals surface area (Å²) in [6.45, 7) is 1.10. The highest BCUT2D eigenvalue weighted by molar-refractivity contribution is 8.01. The highest BCUT2D eigenvalue weighted by Crippen LogP contribution is 2.36. The van der Waals surface area contributed by atoms with Crippen LogP contribution in [-0.2, 0) is 15.7 Å². The van der Waals surface area contributed by atoms with Gasteiger partial charge in [-0.25, -0.2) is 0 Å². The summed E-state index contributed by atoms with van der Waals surface area (Å²) < 4.78 is 43.9. The van der Waals surface area contributed by atoms with Crippen molar-refractivity contribution in [2.45, 2.75) is 10.5 Å². The Labute approximate surface area is 160 Å². The summed E-state index contributed by atoms with van der Waals surface area (Å²) in [5.41, 5.74) is -0.980. The number of nitrogens with zero attached hydrogens (tertiary/aromatic N) is 2. The second-order valence-electron chi connectivity index (χ2n) is 4.82. The van der Waals surface area contributed by atoms with Crippen molar-refractivity contribution in [3.05, 3.63) is 28.8 Å². The fourth-order valence-electron chi connectivity index (χ4n) is 1.74. The summed E-state index contributed by atoms with van der Waals surface area (Å²) in [5.74, 6) is -0.481. The van der Waals surface area contributed by atoms with Gasteiger partial charge < -0.3 is 15.4 Å². The fraction of sp³-hybridized carbons (Fsp3) is 0.357. The first-order valence-corrected chi connectivity index (χ1v) is 9.33. The molecule has 1 aromatic carbocycles. The molecule has 0 bridgehead atoms. The van der Waals surface area contributed by atoms with Crippen LogP contribution >= 0.6 is 34.7 Å². The largest absolute Gasteiger partial charge is 0.417 e. The van der Waals surface area contributed by atoms with E-state index in [-0.39, 0.29) is 11.4 Å². The minimum atomic E-state index is -4.59. The van der Waals surface area contributed by atoms with Gasteiger partial charge in [-0.1, -0.05) is 34.7 Å². The maximum absolute atomic E-state index is 12.8. The predicted molar refractivity (Wildman–Crippen MR) is 96.1 cm³/mol. The topological polar surface area (TPSA) is 76.1 Å². The molecule has 0 saturated carbocycles. The lowest BCUT2D eigenvalue weighted by atomic mass is 10.2. The van der Waals surface area contributed by atoms with Gasteiger partial charge in [-0.2, -0.15) is 13.2 Å². The van der Waals surface area contributed by atoms with Crippen molar-refractivity contribution in [2.75, 3.05) is 36.6 Å². The van der Waals surface area contributed by atoms with E-state index in [1.54, 1.807) is 7.11 Å². The lowest BCUT2D eigenvalue weighted by Crippen LogP contribution is -2.15. The van der Waals surface area contributed by atoms with Crippen LogP contribution in [0.5, 0.6) is 0 Å². The number of benzene rings is 1. The maximum Gasteiger partial charge on any atom is 0.417 e. The van der Waals surface area contributed by atoms with Crippen LogP contribution in [0.25, 0.3) is 0 Å². The van der Waals surface area contributed by atoms with E-state index in [1.165, 1.54) is 17.4 Å². The number of carbonyl (C=O) groups is 1. The van der Waals surface area contributed by atoms with E-state index < -0.39 is 22.7 Å². The molecule has 142 valence electrons. The number of nitrogens with one attached hydrogen (secondary N) is 2.